The molecule has 20 heavy (non-hydrogen) atoms. The lowest BCUT2D eigenvalue weighted by Crippen LogP contribution is -2.10. The number of ether oxygens (including phenoxy) is 1. The SMILES string of the molecule is CC(OCC(=O)O)c1cn(CC(=O)O)c2ccccc12. The van der Waals surface area contributed by atoms with Gasteiger partial charge in [0.05, 0.1) is 6.10 Å². The van der Waals surface area contributed by atoms with Crippen LogP contribution in [0.3, 0.4) is 0 Å². The molecule has 0 radical (unpaired) electrons. The number of carboxylic acid groups (broad SMARTS) is 2. The lowest BCUT2D eigenvalue weighted by Gasteiger charge is -2.10. The van der Waals surface area contributed by atoms with Gasteiger partial charge in [0.1, 0.15) is 13.2 Å². The van der Waals surface area contributed by atoms with Gasteiger partial charge in [0.15, 0.2) is 0 Å². The maximum Gasteiger partial charge on any atom is 0.329 e. The topological polar surface area (TPSA) is 88.8 Å². The third-order valence-corrected chi connectivity index (χ3v) is 3.02. The van der Waals surface area contributed by atoms with Gasteiger partial charge in [-0.15, -0.1) is 0 Å². The first-order valence-electron chi connectivity index (χ1n) is 6.12. The van der Waals surface area contributed by atoms with Crippen molar-refractivity contribution in [2.45, 2.75) is 19.6 Å². The molecule has 1 unspecified atom stereocenters. The monoisotopic (exact) mass is 277 g/mol. The van der Waals surface area contributed by atoms with Gasteiger partial charge in [0.25, 0.3) is 0 Å². The van der Waals surface area contributed by atoms with Gasteiger partial charge < -0.3 is 19.5 Å². The number of carbonyl (C=O) groups is 2. The van der Waals surface area contributed by atoms with Gasteiger partial charge in [-0.3, -0.25) is 4.79 Å². The van der Waals surface area contributed by atoms with Crippen molar-refractivity contribution in [3.05, 3.63) is 36.0 Å². The molecule has 0 amide bonds. The zero-order chi connectivity index (χ0) is 14.7. The summed E-state index contributed by atoms with van der Waals surface area (Å²) in [6, 6.07) is 7.36. The van der Waals surface area contributed by atoms with Crippen LogP contribution in [0.5, 0.6) is 0 Å². The maximum absolute atomic E-state index is 10.9. The molecule has 106 valence electrons. The number of benzene rings is 1. The highest BCUT2D eigenvalue weighted by Crippen LogP contribution is 2.28. The molecule has 1 heterocycles. The molecule has 0 saturated heterocycles. The fourth-order valence-electron chi connectivity index (χ4n) is 2.16. The number of hydrogen-bond acceptors (Lipinski definition) is 3. The van der Waals surface area contributed by atoms with Crippen molar-refractivity contribution in [3.63, 3.8) is 0 Å². The van der Waals surface area contributed by atoms with Crippen LogP contribution < -0.4 is 0 Å². The van der Waals surface area contributed by atoms with Crippen molar-refractivity contribution < 1.29 is 24.5 Å². The Balaban J connectivity index is 2.37. The molecule has 0 spiro atoms. The van der Waals surface area contributed by atoms with Gasteiger partial charge >= 0.3 is 11.9 Å². The lowest BCUT2D eigenvalue weighted by atomic mass is 10.1. The number of rotatable bonds is 6. The summed E-state index contributed by atoms with van der Waals surface area (Å²) in [5, 5.41) is 18.4. The zero-order valence-corrected chi connectivity index (χ0v) is 10.9. The van der Waals surface area contributed by atoms with Gasteiger partial charge in [-0.2, -0.15) is 0 Å². The van der Waals surface area contributed by atoms with Gasteiger partial charge in [-0.05, 0) is 13.0 Å². The highest BCUT2D eigenvalue weighted by atomic mass is 16.5. The smallest absolute Gasteiger partial charge is 0.329 e. The summed E-state index contributed by atoms with van der Waals surface area (Å²) in [5.74, 6) is -1.97. The Morgan fingerprint density at radius 2 is 1.95 bits per heavy atom. The lowest BCUT2D eigenvalue weighted by molar-refractivity contribution is -0.144. The molecule has 1 aromatic heterocycles. The Labute approximate surface area is 115 Å². The number of carboxylic acids is 2. The minimum absolute atomic E-state index is 0.147. The molecule has 1 aromatic carbocycles. The van der Waals surface area contributed by atoms with Gasteiger partial charge in [0, 0.05) is 22.7 Å². The van der Waals surface area contributed by atoms with E-state index in [9.17, 15) is 9.59 Å². The molecule has 0 saturated carbocycles. The van der Waals surface area contributed by atoms with Crippen molar-refractivity contribution in [1.29, 1.82) is 0 Å². The van der Waals surface area contributed by atoms with Gasteiger partial charge in [-0.1, -0.05) is 18.2 Å². The van der Waals surface area contributed by atoms with Crippen LogP contribution in [-0.2, 0) is 20.9 Å². The van der Waals surface area contributed by atoms with Gasteiger partial charge in [0.2, 0.25) is 0 Å². The average Bonchev–Trinajstić information content (AvgIpc) is 2.74. The van der Waals surface area contributed by atoms with E-state index in [4.69, 9.17) is 14.9 Å². The average molecular weight is 277 g/mol. The minimum atomic E-state index is -1.04. The van der Waals surface area contributed by atoms with Crippen LogP contribution in [0, 0.1) is 0 Å². The Morgan fingerprint density at radius 1 is 1.25 bits per heavy atom. The summed E-state index contributed by atoms with van der Waals surface area (Å²) in [7, 11) is 0. The first-order chi connectivity index (χ1) is 9.49. The largest absolute Gasteiger partial charge is 0.480 e. The second-order valence-electron chi connectivity index (χ2n) is 4.47. The summed E-state index contributed by atoms with van der Waals surface area (Å²) < 4.78 is 6.87. The minimum Gasteiger partial charge on any atom is -0.480 e. The second kappa shape index (κ2) is 5.75. The normalized spacial score (nSPS) is 12.4. The maximum atomic E-state index is 10.9. The van der Waals surface area contributed by atoms with Crippen molar-refractivity contribution in [1.82, 2.24) is 4.57 Å². The standard InChI is InChI=1S/C14H15NO5/c1-9(20-8-14(18)19)11-6-15(7-13(16)17)12-5-3-2-4-10(11)12/h2-6,9H,7-8H2,1H3,(H,16,17)(H,18,19). The molecule has 2 N–H and O–H groups in total. The Hall–Kier alpha value is -2.34. The molecule has 1 atom stereocenters. The van der Waals surface area contributed by atoms with Crippen LogP contribution in [0.25, 0.3) is 10.9 Å². The van der Waals surface area contributed by atoms with E-state index in [1.807, 2.05) is 24.3 Å². The van der Waals surface area contributed by atoms with Crippen LogP contribution in [0.2, 0.25) is 0 Å². The molecule has 0 fully saturated rings. The van der Waals surface area contributed by atoms with E-state index in [1.165, 1.54) is 0 Å². The van der Waals surface area contributed by atoms with E-state index < -0.39 is 18.0 Å². The molecule has 2 aromatic rings. The van der Waals surface area contributed by atoms with Crippen LogP contribution >= 0.6 is 0 Å². The molecular formula is C14H15NO5. The number of hydrogen-bond donors (Lipinski definition) is 2. The Kier molecular flexibility index (Phi) is 4.05. The summed E-state index contributed by atoms with van der Waals surface area (Å²) >= 11 is 0. The highest BCUT2D eigenvalue weighted by molar-refractivity contribution is 5.85. The molecule has 2 rings (SSSR count). The van der Waals surface area contributed by atoms with Crippen molar-refractivity contribution in [2.75, 3.05) is 6.61 Å². The summed E-state index contributed by atoms with van der Waals surface area (Å²) in [6.07, 6.45) is 1.27. The third kappa shape index (κ3) is 2.97. The van der Waals surface area contributed by atoms with E-state index >= 15 is 0 Å². The number of para-hydroxylation sites is 1. The predicted molar refractivity (Wildman–Crippen MR) is 71.6 cm³/mol. The summed E-state index contributed by atoms with van der Waals surface area (Å²) in [4.78, 5) is 21.4. The molecule has 6 heteroatoms. The third-order valence-electron chi connectivity index (χ3n) is 3.02. The quantitative estimate of drug-likeness (QED) is 0.841. The van der Waals surface area contributed by atoms with Crippen LogP contribution in [0.15, 0.2) is 30.5 Å². The van der Waals surface area contributed by atoms with Gasteiger partial charge in [-0.25, -0.2) is 4.79 Å². The Bertz CT molecular complexity index is 646. The molecule has 6 nitrogen and oxygen atoms in total. The van der Waals surface area contributed by atoms with E-state index in [2.05, 4.69) is 0 Å². The fraction of sp³-hybridized carbons (Fsp3) is 0.286. The van der Waals surface area contributed by atoms with Crippen molar-refractivity contribution in [2.24, 2.45) is 0 Å². The molecule has 0 aliphatic carbocycles. The number of aromatic nitrogens is 1. The Morgan fingerprint density at radius 3 is 2.60 bits per heavy atom. The van der Waals surface area contributed by atoms with E-state index in [0.717, 1.165) is 16.5 Å². The second-order valence-corrected chi connectivity index (χ2v) is 4.47. The van der Waals surface area contributed by atoms with E-state index in [1.54, 1.807) is 17.7 Å². The first-order valence-corrected chi connectivity index (χ1v) is 6.12. The zero-order valence-electron chi connectivity index (χ0n) is 10.9. The number of fused-ring (bicyclic) bond motifs is 1. The molecule has 0 aliphatic rings. The van der Waals surface area contributed by atoms with Crippen LogP contribution in [0.1, 0.15) is 18.6 Å². The molecular weight excluding hydrogens is 262 g/mol. The number of aliphatic carboxylic acids is 2. The van der Waals surface area contributed by atoms with E-state index in [-0.39, 0.29) is 13.2 Å². The fourth-order valence-corrected chi connectivity index (χ4v) is 2.16. The number of nitrogens with zero attached hydrogens (tertiary/aromatic N) is 1. The van der Waals surface area contributed by atoms with Crippen LogP contribution in [-0.4, -0.2) is 33.3 Å². The molecule has 0 aliphatic heterocycles. The van der Waals surface area contributed by atoms with Crippen LogP contribution in [0.4, 0.5) is 0 Å². The predicted octanol–water partition coefficient (Wildman–Crippen LogP) is 1.89. The molecule has 0 bridgehead atoms. The summed E-state index contributed by atoms with van der Waals surface area (Å²) in [5.41, 5.74) is 1.57. The van der Waals surface area contributed by atoms with Crippen molar-refractivity contribution >= 4 is 22.8 Å². The highest BCUT2D eigenvalue weighted by Gasteiger charge is 2.16. The first kappa shape index (κ1) is 14.1. The van der Waals surface area contributed by atoms with Crippen molar-refractivity contribution in [3.8, 4) is 0 Å². The van der Waals surface area contributed by atoms with E-state index in [0.29, 0.717) is 0 Å². The summed E-state index contributed by atoms with van der Waals surface area (Å²) in [6.45, 7) is 1.21.